The van der Waals surface area contributed by atoms with Gasteiger partial charge in [-0.15, -0.1) is 0 Å². The van der Waals surface area contributed by atoms with Gasteiger partial charge in [0.2, 0.25) is 5.91 Å². The Morgan fingerprint density at radius 3 is 2.57 bits per heavy atom. The molecule has 0 aliphatic heterocycles. The quantitative estimate of drug-likeness (QED) is 0.876. The van der Waals surface area contributed by atoms with Crippen molar-refractivity contribution < 1.29 is 14.7 Å². The lowest BCUT2D eigenvalue weighted by Crippen LogP contribution is -2.55. The topological polar surface area (TPSA) is 66.4 Å². The van der Waals surface area contributed by atoms with Crippen LogP contribution in [-0.2, 0) is 16.0 Å². The number of hydrogen-bond acceptors (Lipinski definition) is 2. The van der Waals surface area contributed by atoms with Gasteiger partial charge in [0.1, 0.15) is 5.54 Å². The van der Waals surface area contributed by atoms with Crippen LogP contribution in [0.4, 0.5) is 0 Å². The number of carboxylic acid groups (broad SMARTS) is 1. The Morgan fingerprint density at radius 2 is 1.95 bits per heavy atom. The predicted octanol–water partition coefficient (Wildman–Crippen LogP) is 2.83. The molecule has 1 aromatic rings. The maximum Gasteiger partial charge on any atom is 0.329 e. The minimum atomic E-state index is -1.04. The van der Waals surface area contributed by atoms with Gasteiger partial charge in [-0.2, -0.15) is 0 Å². The molecular formula is C17H23NO3. The number of rotatable bonds is 5. The molecule has 0 radical (unpaired) electrons. The summed E-state index contributed by atoms with van der Waals surface area (Å²) >= 11 is 0. The fourth-order valence-electron chi connectivity index (χ4n) is 3.00. The van der Waals surface area contributed by atoms with Gasteiger partial charge >= 0.3 is 5.97 Å². The lowest BCUT2D eigenvalue weighted by Gasteiger charge is -2.34. The van der Waals surface area contributed by atoms with E-state index < -0.39 is 11.5 Å². The van der Waals surface area contributed by atoms with Gasteiger partial charge in [-0.05, 0) is 31.7 Å². The molecule has 4 nitrogen and oxygen atoms in total. The van der Waals surface area contributed by atoms with Crippen LogP contribution in [0.1, 0.15) is 49.7 Å². The Hall–Kier alpha value is -1.84. The molecule has 1 aliphatic carbocycles. The van der Waals surface area contributed by atoms with Crippen molar-refractivity contribution in [2.24, 2.45) is 0 Å². The van der Waals surface area contributed by atoms with Crippen molar-refractivity contribution in [3.05, 3.63) is 35.4 Å². The summed E-state index contributed by atoms with van der Waals surface area (Å²) in [6.45, 7) is 2.02. The van der Waals surface area contributed by atoms with Crippen molar-refractivity contribution in [3.8, 4) is 0 Å². The number of aliphatic carboxylic acids is 1. The predicted molar refractivity (Wildman–Crippen MR) is 81.1 cm³/mol. The lowest BCUT2D eigenvalue weighted by molar-refractivity contribution is -0.149. The number of carbonyl (C=O) groups excluding carboxylic acids is 1. The second kappa shape index (κ2) is 6.74. The van der Waals surface area contributed by atoms with Gasteiger partial charge < -0.3 is 10.4 Å². The average Bonchev–Trinajstić information content (AvgIpc) is 2.46. The molecule has 0 heterocycles. The molecule has 21 heavy (non-hydrogen) atoms. The highest BCUT2D eigenvalue weighted by atomic mass is 16.4. The van der Waals surface area contributed by atoms with Gasteiger partial charge in [-0.25, -0.2) is 4.79 Å². The normalized spacial score (nSPS) is 17.2. The standard InChI is InChI=1S/C17H23NO3/c1-13-6-5-7-14(12-13)8-9-15(19)18-17(16(20)21)10-3-2-4-11-17/h5-7,12H,2-4,8-11H2,1H3,(H,18,19)(H,20,21). The third-order valence-electron chi connectivity index (χ3n) is 4.22. The minimum absolute atomic E-state index is 0.166. The third kappa shape index (κ3) is 4.06. The van der Waals surface area contributed by atoms with Crippen molar-refractivity contribution in [1.82, 2.24) is 5.32 Å². The summed E-state index contributed by atoms with van der Waals surface area (Å²) in [7, 11) is 0. The summed E-state index contributed by atoms with van der Waals surface area (Å²) < 4.78 is 0. The Labute approximate surface area is 125 Å². The largest absolute Gasteiger partial charge is 0.480 e. The molecule has 2 N–H and O–H groups in total. The van der Waals surface area contributed by atoms with Crippen LogP contribution in [0.3, 0.4) is 0 Å². The summed E-state index contributed by atoms with van der Waals surface area (Å²) in [6.07, 6.45) is 4.84. The van der Waals surface area contributed by atoms with Crippen LogP contribution >= 0.6 is 0 Å². The van der Waals surface area contributed by atoms with E-state index in [9.17, 15) is 14.7 Å². The molecule has 1 aliphatic rings. The van der Waals surface area contributed by atoms with E-state index in [2.05, 4.69) is 11.4 Å². The van der Waals surface area contributed by atoms with Crippen molar-refractivity contribution >= 4 is 11.9 Å². The van der Waals surface area contributed by atoms with Gasteiger partial charge in [0.15, 0.2) is 0 Å². The average molecular weight is 289 g/mol. The third-order valence-corrected chi connectivity index (χ3v) is 4.22. The maximum atomic E-state index is 12.1. The smallest absolute Gasteiger partial charge is 0.329 e. The zero-order chi connectivity index (χ0) is 15.3. The Bertz CT molecular complexity index is 519. The first-order chi connectivity index (χ1) is 10.0. The first-order valence-corrected chi connectivity index (χ1v) is 7.62. The van der Waals surface area contributed by atoms with Crippen LogP contribution in [0.5, 0.6) is 0 Å². The van der Waals surface area contributed by atoms with Crippen LogP contribution in [0.2, 0.25) is 0 Å². The number of carboxylic acids is 1. The summed E-state index contributed by atoms with van der Waals surface area (Å²) in [4.78, 5) is 23.6. The number of benzene rings is 1. The highest BCUT2D eigenvalue weighted by Gasteiger charge is 2.40. The van der Waals surface area contributed by atoms with E-state index in [1.165, 1.54) is 5.56 Å². The summed E-state index contributed by atoms with van der Waals surface area (Å²) in [5.41, 5.74) is 1.24. The Balaban J connectivity index is 1.92. The first kappa shape index (κ1) is 15.5. The molecule has 4 heteroatoms. The molecule has 2 rings (SSSR count). The van der Waals surface area contributed by atoms with Crippen LogP contribution in [-0.4, -0.2) is 22.5 Å². The summed E-state index contributed by atoms with van der Waals surface area (Å²) in [5, 5.41) is 12.2. The monoisotopic (exact) mass is 289 g/mol. The zero-order valence-corrected chi connectivity index (χ0v) is 12.5. The molecule has 1 amide bonds. The van der Waals surface area contributed by atoms with Crippen LogP contribution in [0.15, 0.2) is 24.3 Å². The molecule has 1 aromatic carbocycles. The second-order valence-electron chi connectivity index (χ2n) is 5.99. The molecular weight excluding hydrogens is 266 g/mol. The molecule has 0 saturated heterocycles. The van der Waals surface area contributed by atoms with Crippen molar-refractivity contribution in [3.63, 3.8) is 0 Å². The van der Waals surface area contributed by atoms with E-state index in [0.717, 1.165) is 24.8 Å². The van der Waals surface area contributed by atoms with Gasteiger partial charge in [0.05, 0.1) is 0 Å². The highest BCUT2D eigenvalue weighted by Crippen LogP contribution is 2.28. The summed E-state index contributed by atoms with van der Waals surface area (Å²) in [5.74, 6) is -1.06. The molecule has 114 valence electrons. The molecule has 0 unspecified atom stereocenters. The van der Waals surface area contributed by atoms with Gasteiger partial charge in [-0.1, -0.05) is 49.1 Å². The van der Waals surface area contributed by atoms with E-state index in [1.807, 2.05) is 25.1 Å². The van der Waals surface area contributed by atoms with Crippen LogP contribution in [0, 0.1) is 6.92 Å². The highest BCUT2D eigenvalue weighted by molar-refractivity contribution is 5.87. The first-order valence-electron chi connectivity index (χ1n) is 7.62. The van der Waals surface area contributed by atoms with E-state index in [4.69, 9.17) is 0 Å². The summed E-state index contributed by atoms with van der Waals surface area (Å²) in [6, 6.07) is 8.04. The fourth-order valence-corrected chi connectivity index (χ4v) is 3.00. The molecule has 0 spiro atoms. The molecule has 0 atom stereocenters. The van der Waals surface area contributed by atoms with Gasteiger partial charge in [-0.3, -0.25) is 4.79 Å². The number of nitrogens with one attached hydrogen (secondary N) is 1. The fraction of sp³-hybridized carbons (Fsp3) is 0.529. The lowest BCUT2D eigenvalue weighted by atomic mass is 9.81. The maximum absolute atomic E-state index is 12.1. The van der Waals surface area contributed by atoms with E-state index in [1.54, 1.807) is 0 Å². The molecule has 0 bridgehead atoms. The number of hydrogen-bond donors (Lipinski definition) is 2. The number of carbonyl (C=O) groups is 2. The zero-order valence-electron chi connectivity index (χ0n) is 12.5. The van der Waals surface area contributed by atoms with Crippen LogP contribution < -0.4 is 5.32 Å². The van der Waals surface area contributed by atoms with Crippen molar-refractivity contribution in [1.29, 1.82) is 0 Å². The Morgan fingerprint density at radius 1 is 1.24 bits per heavy atom. The number of amides is 1. The van der Waals surface area contributed by atoms with Gasteiger partial charge in [0, 0.05) is 6.42 Å². The Kier molecular flexibility index (Phi) is 4.99. The molecule has 0 aromatic heterocycles. The van der Waals surface area contributed by atoms with E-state index >= 15 is 0 Å². The molecule has 1 fully saturated rings. The minimum Gasteiger partial charge on any atom is -0.480 e. The van der Waals surface area contributed by atoms with Crippen molar-refractivity contribution in [2.75, 3.05) is 0 Å². The van der Waals surface area contributed by atoms with Crippen molar-refractivity contribution in [2.45, 2.75) is 57.4 Å². The SMILES string of the molecule is Cc1cccc(CCC(=O)NC2(C(=O)O)CCCCC2)c1. The number of aryl methyl sites for hydroxylation is 2. The van der Waals surface area contributed by atoms with E-state index in [0.29, 0.717) is 25.7 Å². The second-order valence-corrected chi connectivity index (χ2v) is 5.99. The van der Waals surface area contributed by atoms with Gasteiger partial charge in [0.25, 0.3) is 0 Å². The molecule has 1 saturated carbocycles. The van der Waals surface area contributed by atoms with Crippen LogP contribution in [0.25, 0.3) is 0 Å². The van der Waals surface area contributed by atoms with E-state index in [-0.39, 0.29) is 5.91 Å².